The molecule has 0 saturated heterocycles. The summed E-state index contributed by atoms with van der Waals surface area (Å²) in [4.78, 5) is 11.5. The van der Waals surface area contributed by atoms with Crippen LogP contribution in [0.5, 0.6) is 0 Å². The Bertz CT molecular complexity index is 277. The maximum absolute atomic E-state index is 11.5. The number of carbonyl (C=O) groups is 1. The molecule has 0 aromatic heterocycles. The lowest BCUT2D eigenvalue weighted by atomic mass is 9.95. The lowest BCUT2D eigenvalue weighted by Crippen LogP contribution is -2.12. The largest absolute Gasteiger partial charge is 0.299 e. The summed E-state index contributed by atoms with van der Waals surface area (Å²) >= 11 is 0. The number of Topliss-reactive ketones (excluding diaryl/α,β-unsaturated/α-hetero) is 1. The van der Waals surface area contributed by atoms with Crippen molar-refractivity contribution in [3.05, 3.63) is 35.9 Å². The first-order valence-corrected chi connectivity index (χ1v) is 5.30. The highest BCUT2D eigenvalue weighted by atomic mass is 16.1. The van der Waals surface area contributed by atoms with Gasteiger partial charge in [0.2, 0.25) is 0 Å². The standard InChI is InChI=1S/C13H18O/c1-3-7-13(14)11(2)10-12-8-5-4-6-9-12/h4-6,8-9,11H,3,7,10H2,1-2H3. The van der Waals surface area contributed by atoms with E-state index >= 15 is 0 Å². The van der Waals surface area contributed by atoms with E-state index in [-0.39, 0.29) is 5.92 Å². The van der Waals surface area contributed by atoms with Gasteiger partial charge in [-0.1, -0.05) is 44.2 Å². The van der Waals surface area contributed by atoms with Gasteiger partial charge in [-0.3, -0.25) is 4.79 Å². The van der Waals surface area contributed by atoms with Crippen LogP contribution in [0.3, 0.4) is 0 Å². The van der Waals surface area contributed by atoms with E-state index in [9.17, 15) is 4.79 Å². The number of ketones is 1. The highest BCUT2D eigenvalue weighted by molar-refractivity contribution is 5.80. The molecule has 14 heavy (non-hydrogen) atoms. The quantitative estimate of drug-likeness (QED) is 0.696. The molecule has 1 nitrogen and oxygen atoms in total. The molecule has 1 aromatic carbocycles. The smallest absolute Gasteiger partial charge is 0.136 e. The van der Waals surface area contributed by atoms with Gasteiger partial charge in [0.1, 0.15) is 5.78 Å². The predicted octanol–water partition coefficient (Wildman–Crippen LogP) is 3.23. The van der Waals surface area contributed by atoms with Crippen LogP contribution in [0.2, 0.25) is 0 Å². The molecule has 1 heteroatoms. The Morgan fingerprint density at radius 2 is 1.93 bits per heavy atom. The molecule has 0 aliphatic rings. The molecule has 0 radical (unpaired) electrons. The van der Waals surface area contributed by atoms with Gasteiger partial charge in [0.15, 0.2) is 0 Å². The molecule has 1 atom stereocenters. The predicted molar refractivity (Wildman–Crippen MR) is 59.2 cm³/mol. The summed E-state index contributed by atoms with van der Waals surface area (Å²) in [7, 11) is 0. The van der Waals surface area contributed by atoms with E-state index in [1.807, 2.05) is 32.0 Å². The summed E-state index contributed by atoms with van der Waals surface area (Å²) < 4.78 is 0. The summed E-state index contributed by atoms with van der Waals surface area (Å²) in [6.45, 7) is 4.07. The van der Waals surface area contributed by atoms with E-state index in [4.69, 9.17) is 0 Å². The first-order valence-electron chi connectivity index (χ1n) is 5.30. The van der Waals surface area contributed by atoms with Crippen LogP contribution >= 0.6 is 0 Å². The van der Waals surface area contributed by atoms with E-state index < -0.39 is 0 Å². The molecule has 1 rings (SSSR count). The van der Waals surface area contributed by atoms with Crippen LogP contribution in [0.15, 0.2) is 30.3 Å². The summed E-state index contributed by atoms with van der Waals surface area (Å²) in [6.07, 6.45) is 2.55. The van der Waals surface area contributed by atoms with Crippen LogP contribution in [0, 0.1) is 5.92 Å². The summed E-state index contributed by atoms with van der Waals surface area (Å²) in [5, 5.41) is 0. The van der Waals surface area contributed by atoms with Gasteiger partial charge in [-0.2, -0.15) is 0 Å². The normalized spacial score (nSPS) is 12.4. The van der Waals surface area contributed by atoms with Crippen molar-refractivity contribution >= 4 is 5.78 Å². The van der Waals surface area contributed by atoms with E-state index in [0.717, 1.165) is 12.8 Å². The van der Waals surface area contributed by atoms with Crippen molar-refractivity contribution in [3.8, 4) is 0 Å². The Labute approximate surface area is 86.1 Å². The third-order valence-electron chi connectivity index (χ3n) is 2.43. The maximum Gasteiger partial charge on any atom is 0.136 e. The van der Waals surface area contributed by atoms with Gasteiger partial charge in [0, 0.05) is 12.3 Å². The lowest BCUT2D eigenvalue weighted by Gasteiger charge is -2.09. The molecular formula is C13H18O. The second kappa shape index (κ2) is 5.58. The van der Waals surface area contributed by atoms with Crippen LogP contribution in [-0.2, 0) is 11.2 Å². The fourth-order valence-electron chi connectivity index (χ4n) is 1.57. The summed E-state index contributed by atoms with van der Waals surface area (Å²) in [5.41, 5.74) is 1.25. The van der Waals surface area contributed by atoms with E-state index in [2.05, 4.69) is 12.1 Å². The Morgan fingerprint density at radius 3 is 2.50 bits per heavy atom. The van der Waals surface area contributed by atoms with E-state index in [1.54, 1.807) is 0 Å². The second-order valence-electron chi connectivity index (χ2n) is 3.81. The molecule has 0 N–H and O–H groups in total. The average Bonchev–Trinajstić information content (AvgIpc) is 2.19. The third kappa shape index (κ3) is 3.33. The molecule has 0 spiro atoms. The zero-order valence-electron chi connectivity index (χ0n) is 8.99. The summed E-state index contributed by atoms with van der Waals surface area (Å²) in [5.74, 6) is 0.550. The van der Waals surface area contributed by atoms with Crippen LogP contribution in [0.4, 0.5) is 0 Å². The molecule has 0 amide bonds. The van der Waals surface area contributed by atoms with Crippen LogP contribution in [0.1, 0.15) is 32.3 Å². The van der Waals surface area contributed by atoms with Crippen molar-refractivity contribution in [2.75, 3.05) is 0 Å². The number of rotatable bonds is 5. The second-order valence-corrected chi connectivity index (χ2v) is 3.81. The van der Waals surface area contributed by atoms with Crippen LogP contribution in [-0.4, -0.2) is 5.78 Å². The first kappa shape index (κ1) is 11.0. The Balaban J connectivity index is 2.49. The van der Waals surface area contributed by atoms with Crippen molar-refractivity contribution in [1.29, 1.82) is 0 Å². The van der Waals surface area contributed by atoms with Gasteiger partial charge >= 0.3 is 0 Å². The Kier molecular flexibility index (Phi) is 4.37. The zero-order valence-corrected chi connectivity index (χ0v) is 8.99. The molecule has 1 aromatic rings. The average molecular weight is 190 g/mol. The van der Waals surface area contributed by atoms with Gasteiger partial charge in [-0.25, -0.2) is 0 Å². The molecular weight excluding hydrogens is 172 g/mol. The minimum Gasteiger partial charge on any atom is -0.299 e. The molecule has 1 unspecified atom stereocenters. The molecule has 0 fully saturated rings. The van der Waals surface area contributed by atoms with Crippen LogP contribution in [0.25, 0.3) is 0 Å². The van der Waals surface area contributed by atoms with Gasteiger partial charge in [0.05, 0.1) is 0 Å². The SMILES string of the molecule is CCCC(=O)C(C)Cc1ccccc1. The fraction of sp³-hybridized carbons (Fsp3) is 0.462. The minimum absolute atomic E-state index is 0.164. The number of benzene rings is 1. The lowest BCUT2D eigenvalue weighted by molar-refractivity contribution is -0.122. The monoisotopic (exact) mass is 190 g/mol. The van der Waals surface area contributed by atoms with E-state index in [1.165, 1.54) is 5.56 Å². The Hall–Kier alpha value is -1.11. The molecule has 0 bridgehead atoms. The fourth-order valence-corrected chi connectivity index (χ4v) is 1.57. The zero-order chi connectivity index (χ0) is 10.4. The van der Waals surface area contributed by atoms with Gasteiger partial charge < -0.3 is 0 Å². The molecule has 76 valence electrons. The van der Waals surface area contributed by atoms with Crippen LogP contribution < -0.4 is 0 Å². The van der Waals surface area contributed by atoms with Gasteiger partial charge in [-0.15, -0.1) is 0 Å². The number of carbonyl (C=O) groups excluding carboxylic acids is 1. The number of hydrogen-bond donors (Lipinski definition) is 0. The molecule has 0 aliphatic heterocycles. The first-order chi connectivity index (χ1) is 6.74. The Morgan fingerprint density at radius 1 is 1.29 bits per heavy atom. The van der Waals surface area contributed by atoms with Crippen molar-refractivity contribution in [2.24, 2.45) is 5.92 Å². The highest BCUT2D eigenvalue weighted by Gasteiger charge is 2.11. The van der Waals surface area contributed by atoms with E-state index in [0.29, 0.717) is 12.2 Å². The van der Waals surface area contributed by atoms with Crippen molar-refractivity contribution < 1.29 is 4.79 Å². The highest BCUT2D eigenvalue weighted by Crippen LogP contribution is 2.11. The minimum atomic E-state index is 0.164. The van der Waals surface area contributed by atoms with Gasteiger partial charge in [-0.05, 0) is 18.4 Å². The topological polar surface area (TPSA) is 17.1 Å². The van der Waals surface area contributed by atoms with Crippen molar-refractivity contribution in [1.82, 2.24) is 0 Å². The van der Waals surface area contributed by atoms with Crippen molar-refractivity contribution in [3.63, 3.8) is 0 Å². The molecule has 0 aliphatic carbocycles. The molecule has 0 saturated carbocycles. The van der Waals surface area contributed by atoms with Crippen molar-refractivity contribution in [2.45, 2.75) is 33.1 Å². The molecule has 0 heterocycles. The summed E-state index contributed by atoms with van der Waals surface area (Å²) in [6, 6.07) is 10.2. The van der Waals surface area contributed by atoms with Gasteiger partial charge in [0.25, 0.3) is 0 Å². The maximum atomic E-state index is 11.5. The number of hydrogen-bond acceptors (Lipinski definition) is 1. The third-order valence-corrected chi connectivity index (χ3v) is 2.43.